The minimum Gasteiger partial charge on any atom is -0.479 e. The molecule has 1 heterocycles. The van der Waals surface area contributed by atoms with Gasteiger partial charge in [0.15, 0.2) is 18.8 Å². The lowest BCUT2D eigenvalue weighted by Gasteiger charge is -2.15. The van der Waals surface area contributed by atoms with Crippen LogP contribution in [0.4, 0.5) is 10.5 Å². The molecule has 0 aromatic heterocycles. The highest BCUT2D eigenvalue weighted by Crippen LogP contribution is 2.23. The Balaban J connectivity index is 1.56. The number of anilines is 1. The van der Waals surface area contributed by atoms with Crippen LogP contribution in [-0.4, -0.2) is 48.2 Å². The second-order valence-electron chi connectivity index (χ2n) is 7.26. The van der Waals surface area contributed by atoms with Gasteiger partial charge in [0.1, 0.15) is 5.75 Å². The van der Waals surface area contributed by atoms with Crippen LogP contribution in [0.2, 0.25) is 0 Å². The number of hydrogen-bond acceptors (Lipinski definition) is 6. The normalized spacial score (nSPS) is 17.3. The molecule has 2 unspecified atom stereocenters. The van der Waals surface area contributed by atoms with Gasteiger partial charge in [0.05, 0.1) is 12.3 Å². The lowest BCUT2D eigenvalue weighted by Crippen LogP contribution is -2.26. The average molecular weight is 426 g/mol. The van der Waals surface area contributed by atoms with E-state index in [1.165, 1.54) is 0 Å². The van der Waals surface area contributed by atoms with Gasteiger partial charge in [-0.3, -0.25) is 4.90 Å². The van der Waals surface area contributed by atoms with E-state index in [1.54, 1.807) is 30.9 Å². The summed E-state index contributed by atoms with van der Waals surface area (Å²) in [6.45, 7) is 5.95. The fourth-order valence-corrected chi connectivity index (χ4v) is 3.17. The Labute approximate surface area is 181 Å². The smallest absolute Gasteiger partial charge is 0.414 e. The summed E-state index contributed by atoms with van der Waals surface area (Å²) in [6.07, 6.45) is -1.33. The molecule has 1 amide bonds. The molecule has 8 heteroatoms. The zero-order valence-electron chi connectivity index (χ0n) is 17.8. The Morgan fingerprint density at radius 2 is 2.03 bits per heavy atom. The zero-order valence-corrected chi connectivity index (χ0v) is 17.8. The summed E-state index contributed by atoms with van der Waals surface area (Å²) < 4.78 is 10.9. The molecule has 2 aromatic rings. The average Bonchev–Trinajstić information content (AvgIpc) is 3.13. The number of nitrogens with zero attached hydrogens (tertiary/aromatic N) is 2. The van der Waals surface area contributed by atoms with Crippen LogP contribution in [0, 0.1) is 6.92 Å². The summed E-state index contributed by atoms with van der Waals surface area (Å²) in [4.78, 5) is 30.2. The SMILES string of the molecule is CCC(Oc1ccc(C(C)=NOCC2CN(c3ccccc3)C(=O)O2)cc1C)C(=O)O. The number of carboxylic acid groups (broad SMARTS) is 1. The van der Waals surface area contributed by atoms with Crippen molar-refractivity contribution in [2.45, 2.75) is 39.4 Å². The van der Waals surface area contributed by atoms with Crippen LogP contribution in [0.25, 0.3) is 0 Å². The second kappa shape index (κ2) is 9.97. The lowest BCUT2D eigenvalue weighted by molar-refractivity contribution is -0.145. The van der Waals surface area contributed by atoms with E-state index >= 15 is 0 Å². The minimum atomic E-state index is -0.990. The van der Waals surface area contributed by atoms with Crippen LogP contribution in [0.15, 0.2) is 53.7 Å². The van der Waals surface area contributed by atoms with Crippen molar-refractivity contribution in [2.75, 3.05) is 18.1 Å². The second-order valence-corrected chi connectivity index (χ2v) is 7.26. The Morgan fingerprint density at radius 1 is 1.29 bits per heavy atom. The molecule has 1 saturated heterocycles. The number of oxime groups is 1. The molecule has 31 heavy (non-hydrogen) atoms. The molecule has 2 aromatic carbocycles. The Bertz CT molecular complexity index is 960. The van der Waals surface area contributed by atoms with Crippen molar-refractivity contribution in [3.8, 4) is 5.75 Å². The van der Waals surface area contributed by atoms with Gasteiger partial charge in [0, 0.05) is 5.69 Å². The van der Waals surface area contributed by atoms with Gasteiger partial charge in [-0.05, 0) is 61.7 Å². The minimum absolute atomic E-state index is 0.142. The zero-order chi connectivity index (χ0) is 22.4. The summed E-state index contributed by atoms with van der Waals surface area (Å²) in [5, 5.41) is 13.3. The molecule has 1 N–H and O–H groups in total. The van der Waals surface area contributed by atoms with Gasteiger partial charge in [-0.2, -0.15) is 0 Å². The number of benzene rings is 2. The molecular formula is C23H26N2O6. The standard InChI is InChI=1S/C23H26N2O6/c1-4-20(22(26)27)31-21-11-10-17(12-15(21)2)16(3)24-29-14-19-13-25(23(28)30-19)18-8-6-5-7-9-18/h5-12,19-20H,4,13-14H2,1-3H3,(H,26,27). The highest BCUT2D eigenvalue weighted by atomic mass is 16.7. The number of rotatable bonds is 9. The number of carbonyl (C=O) groups is 2. The van der Waals surface area contributed by atoms with Crippen LogP contribution in [0.3, 0.4) is 0 Å². The number of ether oxygens (including phenoxy) is 2. The third-order valence-electron chi connectivity index (χ3n) is 4.91. The van der Waals surface area contributed by atoms with Crippen molar-refractivity contribution < 1.29 is 29.0 Å². The van der Waals surface area contributed by atoms with Gasteiger partial charge in [-0.15, -0.1) is 0 Å². The summed E-state index contributed by atoms with van der Waals surface area (Å²) >= 11 is 0. The molecule has 1 aliphatic rings. The van der Waals surface area contributed by atoms with E-state index in [0.29, 0.717) is 24.4 Å². The highest BCUT2D eigenvalue weighted by molar-refractivity contribution is 5.98. The molecule has 0 spiro atoms. The molecule has 0 bridgehead atoms. The number of para-hydroxylation sites is 1. The maximum Gasteiger partial charge on any atom is 0.414 e. The molecule has 0 saturated carbocycles. The summed E-state index contributed by atoms with van der Waals surface area (Å²) in [5.74, 6) is -0.471. The van der Waals surface area contributed by atoms with Crippen molar-refractivity contribution in [3.63, 3.8) is 0 Å². The van der Waals surface area contributed by atoms with Gasteiger partial charge < -0.3 is 19.4 Å². The monoisotopic (exact) mass is 426 g/mol. The van der Waals surface area contributed by atoms with Crippen LogP contribution in [0.1, 0.15) is 31.4 Å². The predicted molar refractivity (Wildman–Crippen MR) is 116 cm³/mol. The van der Waals surface area contributed by atoms with E-state index in [-0.39, 0.29) is 6.61 Å². The molecule has 164 valence electrons. The van der Waals surface area contributed by atoms with E-state index in [2.05, 4.69) is 5.16 Å². The van der Waals surface area contributed by atoms with Crippen molar-refractivity contribution in [1.29, 1.82) is 0 Å². The first-order valence-corrected chi connectivity index (χ1v) is 10.1. The van der Waals surface area contributed by atoms with Crippen molar-refractivity contribution in [1.82, 2.24) is 0 Å². The van der Waals surface area contributed by atoms with E-state index in [0.717, 1.165) is 16.8 Å². The number of hydrogen-bond donors (Lipinski definition) is 1. The van der Waals surface area contributed by atoms with Crippen molar-refractivity contribution in [3.05, 3.63) is 59.7 Å². The summed E-state index contributed by atoms with van der Waals surface area (Å²) in [6, 6.07) is 14.7. The predicted octanol–water partition coefficient (Wildman–Crippen LogP) is 4.00. The Hall–Kier alpha value is -3.55. The lowest BCUT2D eigenvalue weighted by atomic mass is 10.1. The van der Waals surface area contributed by atoms with Crippen LogP contribution in [-0.2, 0) is 14.4 Å². The quantitative estimate of drug-likeness (QED) is 0.481. The fraction of sp³-hybridized carbons (Fsp3) is 0.348. The largest absolute Gasteiger partial charge is 0.479 e. The number of amides is 1. The topological polar surface area (TPSA) is 97.7 Å². The van der Waals surface area contributed by atoms with Gasteiger partial charge in [-0.1, -0.05) is 30.3 Å². The number of carbonyl (C=O) groups excluding carboxylic acids is 1. The number of carboxylic acids is 1. The van der Waals surface area contributed by atoms with E-state index in [1.807, 2.05) is 43.3 Å². The molecule has 1 aliphatic heterocycles. The molecule has 3 rings (SSSR count). The molecule has 0 radical (unpaired) electrons. The Morgan fingerprint density at radius 3 is 2.68 bits per heavy atom. The van der Waals surface area contributed by atoms with Crippen LogP contribution >= 0.6 is 0 Å². The number of aryl methyl sites for hydroxylation is 1. The maximum absolute atomic E-state index is 12.1. The molecule has 8 nitrogen and oxygen atoms in total. The van der Waals surface area contributed by atoms with Crippen LogP contribution < -0.4 is 9.64 Å². The van der Waals surface area contributed by atoms with E-state index in [9.17, 15) is 9.59 Å². The van der Waals surface area contributed by atoms with Crippen molar-refractivity contribution >= 4 is 23.5 Å². The summed E-state index contributed by atoms with van der Waals surface area (Å²) in [7, 11) is 0. The number of aliphatic carboxylic acids is 1. The first-order valence-electron chi connectivity index (χ1n) is 10.1. The molecule has 1 fully saturated rings. The highest BCUT2D eigenvalue weighted by Gasteiger charge is 2.32. The fourth-order valence-electron chi connectivity index (χ4n) is 3.17. The molecule has 2 atom stereocenters. The third-order valence-corrected chi connectivity index (χ3v) is 4.91. The Kier molecular flexibility index (Phi) is 7.12. The van der Waals surface area contributed by atoms with Crippen molar-refractivity contribution in [2.24, 2.45) is 5.16 Å². The van der Waals surface area contributed by atoms with Gasteiger partial charge in [0.2, 0.25) is 0 Å². The maximum atomic E-state index is 12.1. The van der Waals surface area contributed by atoms with E-state index < -0.39 is 24.3 Å². The first kappa shape index (κ1) is 22.1. The summed E-state index contributed by atoms with van der Waals surface area (Å²) in [5.41, 5.74) is 3.04. The van der Waals surface area contributed by atoms with Gasteiger partial charge in [0.25, 0.3) is 0 Å². The van der Waals surface area contributed by atoms with Crippen LogP contribution in [0.5, 0.6) is 5.75 Å². The number of cyclic esters (lactones) is 1. The third kappa shape index (κ3) is 5.53. The first-order chi connectivity index (χ1) is 14.9. The molecule has 0 aliphatic carbocycles. The van der Waals surface area contributed by atoms with Gasteiger partial charge >= 0.3 is 12.1 Å². The molecular weight excluding hydrogens is 400 g/mol. The van der Waals surface area contributed by atoms with E-state index in [4.69, 9.17) is 19.4 Å². The van der Waals surface area contributed by atoms with Gasteiger partial charge in [-0.25, -0.2) is 9.59 Å².